The standard InChI is InChI=1S/C23H26FN3O5S/c24-19-9-6-17(7-10-19)14-27(20-4-2-1-3-5-20)22(28)16-32-23(29)18-8-11-21-25-33(30,31)13-12-26(21)15-18/h6-11,15,20H,1-5,12-14,16H2. The zero-order valence-corrected chi connectivity index (χ0v) is 19.0. The van der Waals surface area contributed by atoms with Crippen LogP contribution >= 0.6 is 0 Å². The van der Waals surface area contributed by atoms with Gasteiger partial charge in [0.05, 0.1) is 11.3 Å². The number of benzene rings is 1. The number of carbonyl (C=O) groups is 2. The minimum Gasteiger partial charge on any atom is -0.452 e. The van der Waals surface area contributed by atoms with Crippen LogP contribution in [0, 0.1) is 5.82 Å². The van der Waals surface area contributed by atoms with Crippen molar-refractivity contribution in [2.75, 3.05) is 18.9 Å². The summed E-state index contributed by atoms with van der Waals surface area (Å²) in [4.78, 5) is 28.9. The molecule has 0 bridgehead atoms. The predicted molar refractivity (Wildman–Crippen MR) is 120 cm³/mol. The van der Waals surface area contributed by atoms with E-state index in [1.807, 2.05) is 0 Å². The lowest BCUT2D eigenvalue weighted by atomic mass is 9.93. The topological polar surface area (TPSA) is 96.4 Å². The van der Waals surface area contributed by atoms with Crippen molar-refractivity contribution in [1.82, 2.24) is 9.80 Å². The molecule has 176 valence electrons. The summed E-state index contributed by atoms with van der Waals surface area (Å²) < 4.78 is 45.5. The second-order valence-corrected chi connectivity index (χ2v) is 10.1. The first kappa shape index (κ1) is 23.2. The molecule has 0 atom stereocenters. The van der Waals surface area contributed by atoms with Crippen molar-refractivity contribution in [1.29, 1.82) is 0 Å². The van der Waals surface area contributed by atoms with Crippen LogP contribution < -0.4 is 0 Å². The van der Waals surface area contributed by atoms with Crippen LogP contribution in [-0.2, 0) is 30.9 Å². The maximum atomic E-state index is 13.3. The van der Waals surface area contributed by atoms with Crippen LogP contribution in [0.2, 0.25) is 0 Å². The van der Waals surface area contributed by atoms with Gasteiger partial charge in [-0.1, -0.05) is 31.4 Å². The van der Waals surface area contributed by atoms with Crippen LogP contribution in [0.4, 0.5) is 4.39 Å². The van der Waals surface area contributed by atoms with E-state index in [0.717, 1.165) is 37.7 Å². The molecule has 1 aliphatic carbocycles. The van der Waals surface area contributed by atoms with Gasteiger partial charge >= 0.3 is 5.97 Å². The van der Waals surface area contributed by atoms with Gasteiger partial charge in [-0.15, -0.1) is 4.40 Å². The molecular weight excluding hydrogens is 449 g/mol. The maximum absolute atomic E-state index is 13.3. The number of sulfonamides is 1. The Balaban J connectivity index is 1.40. The van der Waals surface area contributed by atoms with E-state index in [1.54, 1.807) is 21.9 Å². The number of amidine groups is 1. The summed E-state index contributed by atoms with van der Waals surface area (Å²) in [5, 5.41) is 0. The second-order valence-electron chi connectivity index (χ2n) is 8.36. The summed E-state index contributed by atoms with van der Waals surface area (Å²) in [6.07, 6.45) is 9.32. The molecule has 3 aliphatic rings. The number of esters is 1. The molecule has 10 heteroatoms. The molecular formula is C23H26FN3O5S. The molecule has 0 unspecified atom stereocenters. The van der Waals surface area contributed by atoms with Gasteiger partial charge in [-0.3, -0.25) is 4.79 Å². The minimum absolute atomic E-state index is 0.0536. The van der Waals surface area contributed by atoms with E-state index in [9.17, 15) is 22.4 Å². The van der Waals surface area contributed by atoms with E-state index in [1.165, 1.54) is 30.5 Å². The van der Waals surface area contributed by atoms with Crippen molar-refractivity contribution in [2.24, 2.45) is 4.40 Å². The molecule has 33 heavy (non-hydrogen) atoms. The van der Waals surface area contributed by atoms with Crippen molar-refractivity contribution < 1.29 is 27.1 Å². The molecule has 1 fully saturated rings. The highest BCUT2D eigenvalue weighted by molar-refractivity contribution is 7.90. The van der Waals surface area contributed by atoms with Crippen LogP contribution in [-0.4, -0.2) is 60.9 Å². The van der Waals surface area contributed by atoms with E-state index in [2.05, 4.69) is 4.40 Å². The smallest absolute Gasteiger partial charge is 0.340 e. The fraction of sp³-hybridized carbons (Fsp3) is 0.435. The summed E-state index contributed by atoms with van der Waals surface area (Å²) in [5.74, 6) is -1.20. The summed E-state index contributed by atoms with van der Waals surface area (Å²) in [5.41, 5.74) is 1.02. The Kier molecular flexibility index (Phi) is 6.92. The van der Waals surface area contributed by atoms with Crippen molar-refractivity contribution in [3.63, 3.8) is 0 Å². The largest absolute Gasteiger partial charge is 0.452 e. The Morgan fingerprint density at radius 1 is 1.12 bits per heavy atom. The van der Waals surface area contributed by atoms with Crippen LogP contribution in [0.5, 0.6) is 0 Å². The van der Waals surface area contributed by atoms with Crippen LogP contribution in [0.25, 0.3) is 0 Å². The number of carbonyl (C=O) groups excluding carboxylic acids is 2. The third-order valence-corrected chi connectivity index (χ3v) is 7.15. The maximum Gasteiger partial charge on any atom is 0.340 e. The highest BCUT2D eigenvalue weighted by Crippen LogP contribution is 2.25. The first-order valence-electron chi connectivity index (χ1n) is 11.0. The van der Waals surface area contributed by atoms with E-state index >= 15 is 0 Å². The van der Waals surface area contributed by atoms with Gasteiger partial charge in [-0.05, 0) is 42.7 Å². The van der Waals surface area contributed by atoms with Crippen LogP contribution in [0.1, 0.15) is 37.7 Å². The number of rotatable bonds is 6. The zero-order chi connectivity index (χ0) is 23.4. The van der Waals surface area contributed by atoms with Crippen LogP contribution in [0.3, 0.4) is 0 Å². The van der Waals surface area contributed by atoms with Gasteiger partial charge in [0.25, 0.3) is 15.9 Å². The fourth-order valence-corrected chi connectivity index (χ4v) is 5.18. The molecule has 1 amide bonds. The van der Waals surface area contributed by atoms with E-state index < -0.39 is 22.6 Å². The quantitative estimate of drug-likeness (QED) is 0.587. The average Bonchev–Trinajstić information content (AvgIpc) is 2.81. The second kappa shape index (κ2) is 9.86. The third kappa shape index (κ3) is 5.87. The fourth-order valence-electron chi connectivity index (χ4n) is 4.22. The predicted octanol–water partition coefficient (Wildman–Crippen LogP) is 2.53. The Morgan fingerprint density at radius 3 is 2.58 bits per heavy atom. The Morgan fingerprint density at radius 2 is 1.85 bits per heavy atom. The SMILES string of the molecule is O=C(OCC(=O)N(Cc1ccc(F)cc1)C1CCCCC1)C1=CN2CCS(=O)(=O)N=C2C=C1. The van der Waals surface area contributed by atoms with Crippen LogP contribution in [0.15, 0.2) is 52.6 Å². The number of nitrogens with zero attached hydrogens (tertiary/aromatic N) is 3. The normalized spacial score (nSPS) is 19.8. The first-order valence-corrected chi connectivity index (χ1v) is 12.6. The average molecular weight is 476 g/mol. The number of hydrogen-bond donors (Lipinski definition) is 0. The minimum atomic E-state index is -3.48. The molecule has 0 radical (unpaired) electrons. The molecule has 2 heterocycles. The van der Waals surface area contributed by atoms with Gasteiger partial charge in [0, 0.05) is 25.3 Å². The van der Waals surface area contributed by atoms with Crippen molar-refractivity contribution in [3.8, 4) is 0 Å². The van der Waals surface area contributed by atoms with Gasteiger partial charge < -0.3 is 14.5 Å². The molecule has 2 aliphatic heterocycles. The monoisotopic (exact) mass is 475 g/mol. The van der Waals surface area contributed by atoms with E-state index in [0.29, 0.717) is 6.54 Å². The molecule has 4 rings (SSSR count). The Labute approximate surface area is 192 Å². The van der Waals surface area contributed by atoms with Gasteiger partial charge in [-0.25, -0.2) is 17.6 Å². The number of halogens is 1. The number of fused-ring (bicyclic) bond motifs is 1. The van der Waals surface area contributed by atoms with Gasteiger partial charge in [0.15, 0.2) is 6.61 Å². The number of amides is 1. The van der Waals surface area contributed by atoms with Gasteiger partial charge in [0.1, 0.15) is 11.7 Å². The summed E-state index contributed by atoms with van der Waals surface area (Å²) >= 11 is 0. The van der Waals surface area contributed by atoms with E-state index in [-0.39, 0.29) is 41.5 Å². The summed E-state index contributed by atoms with van der Waals surface area (Å²) in [6.45, 7) is 0.109. The van der Waals surface area contributed by atoms with Crippen molar-refractivity contribution in [3.05, 3.63) is 59.6 Å². The molecule has 0 spiro atoms. The molecule has 0 aromatic heterocycles. The van der Waals surface area contributed by atoms with Gasteiger partial charge in [-0.2, -0.15) is 0 Å². The Hall–Kier alpha value is -3.01. The molecule has 1 saturated carbocycles. The molecule has 1 aromatic carbocycles. The lowest BCUT2D eigenvalue weighted by molar-refractivity contribution is -0.150. The van der Waals surface area contributed by atoms with Crippen molar-refractivity contribution >= 4 is 27.7 Å². The Bertz CT molecular complexity index is 1110. The number of ether oxygens (including phenoxy) is 1. The molecule has 0 saturated heterocycles. The van der Waals surface area contributed by atoms with Crippen molar-refractivity contribution in [2.45, 2.75) is 44.7 Å². The number of hydrogen-bond acceptors (Lipinski definition) is 6. The lowest BCUT2D eigenvalue weighted by Crippen LogP contribution is -2.43. The zero-order valence-electron chi connectivity index (χ0n) is 18.2. The first-order chi connectivity index (χ1) is 15.8. The highest BCUT2D eigenvalue weighted by atomic mass is 32.2. The lowest BCUT2D eigenvalue weighted by Gasteiger charge is -2.34. The van der Waals surface area contributed by atoms with E-state index in [4.69, 9.17) is 4.74 Å². The van der Waals surface area contributed by atoms with Gasteiger partial charge in [0.2, 0.25) is 0 Å². The third-order valence-electron chi connectivity index (χ3n) is 5.99. The molecule has 8 nitrogen and oxygen atoms in total. The highest BCUT2D eigenvalue weighted by Gasteiger charge is 2.28. The molecule has 1 aromatic rings. The summed E-state index contributed by atoms with van der Waals surface area (Å²) in [7, 11) is -3.48. The summed E-state index contributed by atoms with van der Waals surface area (Å²) in [6, 6.07) is 6.09. The molecule has 0 N–H and O–H groups in total.